The maximum absolute atomic E-state index is 12.5. The predicted octanol–water partition coefficient (Wildman–Crippen LogP) is 3.57. The van der Waals surface area contributed by atoms with E-state index in [4.69, 9.17) is 0 Å². The van der Waals surface area contributed by atoms with Crippen LogP contribution in [-0.4, -0.2) is 21.4 Å². The van der Waals surface area contributed by atoms with E-state index in [2.05, 4.69) is 31.8 Å². The van der Waals surface area contributed by atoms with E-state index in [1.54, 1.807) is 12.3 Å². The van der Waals surface area contributed by atoms with Crippen LogP contribution in [-0.2, 0) is 0 Å². The Kier molecular flexibility index (Phi) is 4.99. The van der Waals surface area contributed by atoms with E-state index < -0.39 is 5.91 Å². The van der Waals surface area contributed by atoms with Gasteiger partial charge >= 0.3 is 0 Å². The summed E-state index contributed by atoms with van der Waals surface area (Å²) in [6.07, 6.45) is 1.65. The molecule has 134 valence electrons. The van der Waals surface area contributed by atoms with Crippen molar-refractivity contribution >= 4 is 27.7 Å². The number of carbonyl (C=O) groups is 2. The van der Waals surface area contributed by atoms with Crippen molar-refractivity contribution in [1.82, 2.24) is 20.4 Å². The van der Waals surface area contributed by atoms with E-state index in [1.165, 1.54) is 0 Å². The van der Waals surface area contributed by atoms with Gasteiger partial charge < -0.3 is 9.55 Å². The molecule has 7 heteroatoms. The SMILES string of the molecule is Cc1ccccc1-n1c(C)cc(C(=O)NNC(=O)c2cc(Br)c[nH]2)c1C. The number of aryl methyl sites for hydroxylation is 2. The van der Waals surface area contributed by atoms with Crippen LogP contribution in [0.4, 0.5) is 0 Å². The van der Waals surface area contributed by atoms with Crippen LogP contribution >= 0.6 is 15.9 Å². The number of amides is 2. The minimum atomic E-state index is -0.420. The quantitative estimate of drug-likeness (QED) is 0.572. The summed E-state index contributed by atoms with van der Waals surface area (Å²) in [7, 11) is 0. The lowest BCUT2D eigenvalue weighted by Crippen LogP contribution is -2.41. The molecule has 0 aliphatic rings. The van der Waals surface area contributed by atoms with Crippen LogP contribution in [0.3, 0.4) is 0 Å². The molecular formula is C19H19BrN4O2. The number of benzene rings is 1. The Balaban J connectivity index is 1.79. The first kappa shape index (κ1) is 18.0. The number of aromatic amines is 1. The third-order valence-corrected chi connectivity index (χ3v) is 4.67. The minimum Gasteiger partial charge on any atom is -0.356 e. The molecule has 1 aromatic carbocycles. The second-order valence-corrected chi connectivity index (χ2v) is 6.96. The van der Waals surface area contributed by atoms with Gasteiger partial charge in [0.25, 0.3) is 11.8 Å². The maximum atomic E-state index is 12.5. The van der Waals surface area contributed by atoms with Crippen molar-refractivity contribution in [2.24, 2.45) is 0 Å². The molecule has 26 heavy (non-hydrogen) atoms. The first-order chi connectivity index (χ1) is 12.4. The standard InChI is InChI=1S/C19H19BrN4O2/c1-11-6-4-5-7-17(11)24-12(2)8-15(13(24)3)18(25)22-23-19(26)16-9-14(20)10-21-16/h4-10,21H,1-3H3,(H,22,25)(H,23,26). The largest absolute Gasteiger partial charge is 0.356 e. The van der Waals surface area contributed by atoms with Gasteiger partial charge in [0.1, 0.15) is 5.69 Å². The second kappa shape index (κ2) is 7.21. The molecule has 0 aliphatic heterocycles. The van der Waals surface area contributed by atoms with Gasteiger partial charge in [-0.3, -0.25) is 20.4 Å². The summed E-state index contributed by atoms with van der Waals surface area (Å²) in [6, 6.07) is 11.4. The molecule has 0 aliphatic carbocycles. The number of para-hydroxylation sites is 1. The fourth-order valence-electron chi connectivity index (χ4n) is 2.92. The molecule has 6 nitrogen and oxygen atoms in total. The highest BCUT2D eigenvalue weighted by molar-refractivity contribution is 9.10. The zero-order chi connectivity index (χ0) is 18.8. The molecule has 3 aromatic rings. The van der Waals surface area contributed by atoms with Crippen molar-refractivity contribution in [2.45, 2.75) is 20.8 Å². The highest BCUT2D eigenvalue weighted by Gasteiger charge is 2.18. The number of nitrogens with zero attached hydrogens (tertiary/aromatic N) is 1. The van der Waals surface area contributed by atoms with Crippen molar-refractivity contribution in [2.75, 3.05) is 0 Å². The van der Waals surface area contributed by atoms with Gasteiger partial charge in [0, 0.05) is 27.7 Å². The van der Waals surface area contributed by atoms with E-state index in [9.17, 15) is 9.59 Å². The molecule has 2 amide bonds. The van der Waals surface area contributed by atoms with Gasteiger partial charge in [0.05, 0.1) is 5.56 Å². The summed E-state index contributed by atoms with van der Waals surface area (Å²) in [4.78, 5) is 27.4. The Morgan fingerprint density at radius 2 is 1.73 bits per heavy atom. The number of hydrogen-bond acceptors (Lipinski definition) is 2. The normalized spacial score (nSPS) is 10.6. The third-order valence-electron chi connectivity index (χ3n) is 4.21. The molecule has 0 saturated heterocycles. The van der Waals surface area contributed by atoms with Crippen LogP contribution in [0.2, 0.25) is 0 Å². The lowest BCUT2D eigenvalue weighted by atomic mass is 10.2. The number of carbonyl (C=O) groups excluding carboxylic acids is 2. The van der Waals surface area contributed by atoms with Crippen LogP contribution in [0.1, 0.15) is 37.8 Å². The lowest BCUT2D eigenvalue weighted by molar-refractivity contribution is 0.0844. The summed E-state index contributed by atoms with van der Waals surface area (Å²) in [5, 5.41) is 0. The fraction of sp³-hybridized carbons (Fsp3) is 0.158. The third kappa shape index (κ3) is 3.43. The van der Waals surface area contributed by atoms with Crippen LogP contribution in [0.5, 0.6) is 0 Å². The topological polar surface area (TPSA) is 78.9 Å². The summed E-state index contributed by atoms with van der Waals surface area (Å²) in [5.74, 6) is -0.784. The van der Waals surface area contributed by atoms with E-state index in [0.29, 0.717) is 11.3 Å². The number of aromatic nitrogens is 2. The molecule has 0 radical (unpaired) electrons. The Bertz CT molecular complexity index is 987. The van der Waals surface area contributed by atoms with E-state index in [-0.39, 0.29) is 5.91 Å². The van der Waals surface area contributed by atoms with Gasteiger partial charge in [-0.05, 0) is 60.5 Å². The molecule has 0 fully saturated rings. The van der Waals surface area contributed by atoms with Crippen molar-refractivity contribution in [1.29, 1.82) is 0 Å². The molecule has 0 unspecified atom stereocenters. The Labute approximate surface area is 159 Å². The highest BCUT2D eigenvalue weighted by atomic mass is 79.9. The first-order valence-corrected chi connectivity index (χ1v) is 8.87. The molecule has 0 atom stereocenters. The smallest absolute Gasteiger partial charge is 0.286 e. The molecule has 0 bridgehead atoms. The number of rotatable bonds is 3. The molecular weight excluding hydrogens is 396 g/mol. The molecule has 0 saturated carbocycles. The zero-order valence-electron chi connectivity index (χ0n) is 14.7. The summed E-state index contributed by atoms with van der Waals surface area (Å²) in [6.45, 7) is 5.87. The molecule has 3 rings (SSSR count). The van der Waals surface area contributed by atoms with E-state index in [1.807, 2.05) is 55.7 Å². The van der Waals surface area contributed by atoms with Gasteiger partial charge in [0.2, 0.25) is 0 Å². The van der Waals surface area contributed by atoms with Gasteiger partial charge in [-0.2, -0.15) is 0 Å². The monoisotopic (exact) mass is 414 g/mol. The van der Waals surface area contributed by atoms with E-state index >= 15 is 0 Å². The van der Waals surface area contributed by atoms with Crippen LogP contribution < -0.4 is 10.9 Å². The summed E-state index contributed by atoms with van der Waals surface area (Å²) in [5.41, 5.74) is 9.65. The molecule has 0 spiro atoms. The minimum absolute atomic E-state index is 0.350. The number of hydrazine groups is 1. The van der Waals surface area contributed by atoms with Crippen molar-refractivity contribution in [3.05, 3.63) is 75.3 Å². The zero-order valence-corrected chi connectivity index (χ0v) is 16.3. The van der Waals surface area contributed by atoms with Gasteiger partial charge in [-0.15, -0.1) is 0 Å². The van der Waals surface area contributed by atoms with Crippen LogP contribution in [0.25, 0.3) is 5.69 Å². The average Bonchev–Trinajstić information content (AvgIpc) is 3.17. The van der Waals surface area contributed by atoms with E-state index in [0.717, 1.165) is 27.1 Å². The fourth-order valence-corrected chi connectivity index (χ4v) is 3.27. The maximum Gasteiger partial charge on any atom is 0.286 e. The lowest BCUT2D eigenvalue weighted by Gasteiger charge is -2.13. The van der Waals surface area contributed by atoms with Crippen LogP contribution in [0.15, 0.2) is 47.1 Å². The molecule has 2 aromatic heterocycles. The Hall–Kier alpha value is -2.80. The number of nitrogens with one attached hydrogen (secondary N) is 3. The average molecular weight is 415 g/mol. The predicted molar refractivity (Wildman–Crippen MR) is 103 cm³/mol. The first-order valence-electron chi connectivity index (χ1n) is 8.08. The Morgan fingerprint density at radius 1 is 1.04 bits per heavy atom. The van der Waals surface area contributed by atoms with Crippen molar-refractivity contribution < 1.29 is 9.59 Å². The van der Waals surface area contributed by atoms with Crippen LogP contribution in [0, 0.1) is 20.8 Å². The second-order valence-electron chi connectivity index (χ2n) is 6.05. The number of hydrogen-bond donors (Lipinski definition) is 3. The van der Waals surface area contributed by atoms with Gasteiger partial charge in [-0.1, -0.05) is 18.2 Å². The van der Waals surface area contributed by atoms with Gasteiger partial charge in [0.15, 0.2) is 0 Å². The summed E-state index contributed by atoms with van der Waals surface area (Å²) < 4.78 is 2.80. The highest BCUT2D eigenvalue weighted by Crippen LogP contribution is 2.23. The number of halogens is 1. The van der Waals surface area contributed by atoms with Gasteiger partial charge in [-0.25, -0.2) is 0 Å². The summed E-state index contributed by atoms with van der Waals surface area (Å²) >= 11 is 3.26. The van der Waals surface area contributed by atoms with Crippen molar-refractivity contribution in [3.63, 3.8) is 0 Å². The number of H-pyrrole nitrogens is 1. The Morgan fingerprint density at radius 3 is 2.38 bits per heavy atom. The molecule has 3 N–H and O–H groups in total. The van der Waals surface area contributed by atoms with Crippen molar-refractivity contribution in [3.8, 4) is 5.69 Å². The molecule has 2 heterocycles.